The average molecular weight is 288 g/mol. The fraction of sp³-hybridized carbons (Fsp3) is 0.500. The van der Waals surface area contributed by atoms with Crippen molar-refractivity contribution in [3.63, 3.8) is 0 Å². The fourth-order valence-electron chi connectivity index (χ4n) is 1.82. The van der Waals surface area contributed by atoms with Gasteiger partial charge in [0.2, 0.25) is 0 Å². The highest BCUT2D eigenvalue weighted by Gasteiger charge is 2.31. The van der Waals surface area contributed by atoms with Gasteiger partial charge in [0.05, 0.1) is 5.56 Å². The van der Waals surface area contributed by atoms with E-state index < -0.39 is 17.6 Å². The third kappa shape index (κ3) is 4.23. The summed E-state index contributed by atoms with van der Waals surface area (Å²) in [7, 11) is 0. The van der Waals surface area contributed by atoms with Gasteiger partial charge in [-0.3, -0.25) is 4.79 Å². The summed E-state index contributed by atoms with van der Waals surface area (Å²) in [4.78, 5) is 13.7. The minimum atomic E-state index is -4.45. The summed E-state index contributed by atoms with van der Waals surface area (Å²) >= 11 is 0. The van der Waals surface area contributed by atoms with Gasteiger partial charge in [0.15, 0.2) is 0 Å². The van der Waals surface area contributed by atoms with Gasteiger partial charge in [0.25, 0.3) is 5.91 Å². The molecule has 0 saturated heterocycles. The predicted octanol–water partition coefficient (Wildman–Crippen LogP) is 2.76. The number of benzene rings is 1. The molecule has 20 heavy (non-hydrogen) atoms. The lowest BCUT2D eigenvalue weighted by Crippen LogP contribution is -2.36. The summed E-state index contributed by atoms with van der Waals surface area (Å²) in [5.41, 5.74) is 4.74. The molecule has 1 unspecified atom stereocenters. The highest BCUT2D eigenvalue weighted by atomic mass is 19.4. The standard InChI is InChI=1S/C14H19F3N2O/c1-3-19(9-10(2)8-18)13(20)11-5-4-6-12(7-11)14(15,16)17/h4-7,10H,3,8-9,18H2,1-2H3. The van der Waals surface area contributed by atoms with E-state index >= 15 is 0 Å². The minimum Gasteiger partial charge on any atom is -0.339 e. The van der Waals surface area contributed by atoms with Crippen LogP contribution in [0.25, 0.3) is 0 Å². The lowest BCUT2D eigenvalue weighted by molar-refractivity contribution is -0.137. The molecular weight excluding hydrogens is 269 g/mol. The number of rotatable bonds is 5. The number of alkyl halides is 3. The lowest BCUT2D eigenvalue weighted by atomic mass is 10.1. The number of hydrogen-bond donors (Lipinski definition) is 1. The molecule has 1 aromatic rings. The third-order valence-corrected chi connectivity index (χ3v) is 3.04. The zero-order valence-corrected chi connectivity index (χ0v) is 11.6. The summed E-state index contributed by atoms with van der Waals surface area (Å²) in [5.74, 6) is -0.302. The van der Waals surface area contributed by atoms with E-state index in [1.54, 1.807) is 6.92 Å². The van der Waals surface area contributed by atoms with E-state index in [4.69, 9.17) is 5.73 Å². The van der Waals surface area contributed by atoms with Crippen molar-refractivity contribution >= 4 is 5.91 Å². The van der Waals surface area contributed by atoms with Crippen LogP contribution in [0, 0.1) is 5.92 Å². The molecule has 0 heterocycles. The normalized spacial score (nSPS) is 13.1. The minimum absolute atomic E-state index is 0.0471. The van der Waals surface area contributed by atoms with Crippen LogP contribution in [0.3, 0.4) is 0 Å². The largest absolute Gasteiger partial charge is 0.416 e. The van der Waals surface area contributed by atoms with Crippen LogP contribution in [-0.2, 0) is 6.18 Å². The van der Waals surface area contributed by atoms with E-state index in [0.717, 1.165) is 12.1 Å². The predicted molar refractivity (Wildman–Crippen MR) is 71.2 cm³/mol. The molecule has 2 N–H and O–H groups in total. The Balaban J connectivity index is 2.95. The maximum absolute atomic E-state index is 12.6. The Kier molecular flexibility index (Phi) is 5.56. The molecule has 6 heteroatoms. The zero-order chi connectivity index (χ0) is 15.3. The molecule has 112 valence electrons. The topological polar surface area (TPSA) is 46.3 Å². The second kappa shape index (κ2) is 6.74. The fourth-order valence-corrected chi connectivity index (χ4v) is 1.82. The Labute approximate surface area is 116 Å². The van der Waals surface area contributed by atoms with Crippen molar-refractivity contribution in [2.75, 3.05) is 19.6 Å². The van der Waals surface area contributed by atoms with Crippen LogP contribution in [0.4, 0.5) is 13.2 Å². The van der Waals surface area contributed by atoms with Crippen molar-refractivity contribution in [3.8, 4) is 0 Å². The van der Waals surface area contributed by atoms with Crippen LogP contribution < -0.4 is 5.73 Å². The summed E-state index contributed by atoms with van der Waals surface area (Å²) in [6.45, 7) is 4.96. The second-order valence-corrected chi connectivity index (χ2v) is 4.76. The van der Waals surface area contributed by atoms with Crippen LogP contribution >= 0.6 is 0 Å². The van der Waals surface area contributed by atoms with Crippen molar-refractivity contribution < 1.29 is 18.0 Å². The first-order chi connectivity index (χ1) is 9.29. The van der Waals surface area contributed by atoms with Crippen LogP contribution in [0.15, 0.2) is 24.3 Å². The first-order valence-electron chi connectivity index (χ1n) is 6.46. The van der Waals surface area contributed by atoms with Crippen LogP contribution in [0.2, 0.25) is 0 Å². The number of carbonyl (C=O) groups excluding carboxylic acids is 1. The van der Waals surface area contributed by atoms with Gasteiger partial charge >= 0.3 is 6.18 Å². The molecule has 0 spiro atoms. The molecule has 0 aliphatic rings. The van der Waals surface area contributed by atoms with Gasteiger partial charge in [-0.05, 0) is 37.6 Å². The molecule has 3 nitrogen and oxygen atoms in total. The van der Waals surface area contributed by atoms with Gasteiger partial charge in [0, 0.05) is 18.7 Å². The molecule has 1 amide bonds. The van der Waals surface area contributed by atoms with Gasteiger partial charge in [-0.15, -0.1) is 0 Å². The SMILES string of the molecule is CCN(CC(C)CN)C(=O)c1cccc(C(F)(F)F)c1. The Morgan fingerprint density at radius 2 is 2.05 bits per heavy atom. The number of carbonyl (C=O) groups is 1. The maximum Gasteiger partial charge on any atom is 0.416 e. The van der Waals surface area contributed by atoms with Crippen LogP contribution in [-0.4, -0.2) is 30.4 Å². The highest BCUT2D eigenvalue weighted by molar-refractivity contribution is 5.94. The van der Waals surface area contributed by atoms with E-state index in [2.05, 4.69) is 0 Å². The lowest BCUT2D eigenvalue weighted by Gasteiger charge is -2.24. The van der Waals surface area contributed by atoms with Gasteiger partial charge in [-0.25, -0.2) is 0 Å². The molecule has 0 aliphatic heterocycles. The van der Waals surface area contributed by atoms with Gasteiger partial charge in [0.1, 0.15) is 0 Å². The molecular formula is C14H19F3N2O. The van der Waals surface area contributed by atoms with E-state index in [-0.39, 0.29) is 11.5 Å². The molecule has 1 atom stereocenters. The van der Waals surface area contributed by atoms with Crippen LogP contribution in [0.1, 0.15) is 29.8 Å². The zero-order valence-electron chi connectivity index (χ0n) is 11.6. The molecule has 0 radical (unpaired) electrons. The first-order valence-corrected chi connectivity index (χ1v) is 6.46. The highest BCUT2D eigenvalue weighted by Crippen LogP contribution is 2.29. The number of amides is 1. The number of nitrogens with zero attached hydrogens (tertiary/aromatic N) is 1. The molecule has 0 aromatic heterocycles. The monoisotopic (exact) mass is 288 g/mol. The second-order valence-electron chi connectivity index (χ2n) is 4.76. The summed E-state index contributed by atoms with van der Waals surface area (Å²) < 4.78 is 37.9. The van der Waals surface area contributed by atoms with E-state index in [1.165, 1.54) is 17.0 Å². The van der Waals surface area contributed by atoms with Gasteiger partial charge in [-0.2, -0.15) is 13.2 Å². The van der Waals surface area contributed by atoms with Gasteiger partial charge < -0.3 is 10.6 Å². The molecule has 0 saturated carbocycles. The Morgan fingerprint density at radius 3 is 2.55 bits per heavy atom. The first kappa shape index (κ1) is 16.5. The number of hydrogen-bond acceptors (Lipinski definition) is 2. The van der Waals surface area contributed by atoms with Crippen molar-refractivity contribution in [2.45, 2.75) is 20.0 Å². The molecule has 1 aromatic carbocycles. The van der Waals surface area contributed by atoms with Crippen molar-refractivity contribution in [3.05, 3.63) is 35.4 Å². The third-order valence-electron chi connectivity index (χ3n) is 3.04. The van der Waals surface area contributed by atoms with Crippen molar-refractivity contribution in [1.82, 2.24) is 4.90 Å². The van der Waals surface area contributed by atoms with E-state index in [1.807, 2.05) is 6.92 Å². The molecule has 1 rings (SSSR count). The van der Waals surface area contributed by atoms with E-state index in [0.29, 0.717) is 19.6 Å². The Hall–Kier alpha value is -1.56. The number of nitrogens with two attached hydrogens (primary N) is 1. The summed E-state index contributed by atoms with van der Waals surface area (Å²) in [5, 5.41) is 0. The van der Waals surface area contributed by atoms with Crippen LogP contribution in [0.5, 0.6) is 0 Å². The molecule has 0 fully saturated rings. The smallest absolute Gasteiger partial charge is 0.339 e. The summed E-state index contributed by atoms with van der Waals surface area (Å²) in [6, 6.07) is 4.48. The maximum atomic E-state index is 12.6. The van der Waals surface area contributed by atoms with Crippen molar-refractivity contribution in [1.29, 1.82) is 0 Å². The molecule has 0 aliphatic carbocycles. The van der Waals surface area contributed by atoms with Gasteiger partial charge in [-0.1, -0.05) is 13.0 Å². The van der Waals surface area contributed by atoms with Crippen molar-refractivity contribution in [2.24, 2.45) is 11.7 Å². The quantitative estimate of drug-likeness (QED) is 0.905. The Bertz CT molecular complexity index is 460. The number of halogens is 3. The average Bonchev–Trinajstić information content (AvgIpc) is 2.42. The molecule has 0 bridgehead atoms. The summed E-state index contributed by atoms with van der Waals surface area (Å²) in [6.07, 6.45) is -4.45. The van der Waals surface area contributed by atoms with E-state index in [9.17, 15) is 18.0 Å². The Morgan fingerprint density at radius 1 is 1.40 bits per heavy atom.